The molecule has 102 valence electrons. The molecule has 0 bridgehead atoms. The number of aliphatic hydroxyl groups is 1. The van der Waals surface area contributed by atoms with Gasteiger partial charge in [-0.25, -0.2) is 0 Å². The first-order valence-electron chi connectivity index (χ1n) is 6.63. The van der Waals surface area contributed by atoms with E-state index in [2.05, 4.69) is 12.2 Å². The van der Waals surface area contributed by atoms with Gasteiger partial charge in [-0.2, -0.15) is 0 Å². The van der Waals surface area contributed by atoms with Crippen molar-refractivity contribution in [2.24, 2.45) is 5.92 Å². The lowest BCUT2D eigenvalue weighted by Gasteiger charge is -2.20. The van der Waals surface area contributed by atoms with Gasteiger partial charge in [0.1, 0.15) is 6.04 Å². The lowest BCUT2D eigenvalue weighted by Crippen LogP contribution is -2.44. The van der Waals surface area contributed by atoms with Crippen LogP contribution in [0.5, 0.6) is 0 Å². The molecule has 4 heteroatoms. The number of carbonyl (C=O) groups is 1. The predicted octanol–water partition coefficient (Wildman–Crippen LogP) is 2.02. The second-order valence-corrected chi connectivity index (χ2v) is 4.97. The molecule has 0 fully saturated rings. The van der Waals surface area contributed by atoms with Crippen LogP contribution >= 0.6 is 0 Å². The summed E-state index contributed by atoms with van der Waals surface area (Å²) < 4.78 is 0. The van der Waals surface area contributed by atoms with E-state index in [-0.39, 0.29) is 5.92 Å². The maximum absolute atomic E-state index is 10.9. The summed E-state index contributed by atoms with van der Waals surface area (Å²) >= 11 is 0. The zero-order valence-electron chi connectivity index (χ0n) is 11.3. The average Bonchev–Trinajstić information content (AvgIpc) is 2.23. The van der Waals surface area contributed by atoms with E-state index in [0.717, 1.165) is 19.3 Å². The molecule has 4 nitrogen and oxygen atoms in total. The highest BCUT2D eigenvalue weighted by Crippen LogP contribution is 2.06. The molecule has 0 aliphatic rings. The minimum absolute atomic E-state index is 0.0276. The number of aliphatic carboxylic acids is 1. The Balaban J connectivity index is 3.73. The number of carboxylic acid groups (broad SMARTS) is 1. The van der Waals surface area contributed by atoms with Crippen molar-refractivity contribution >= 4 is 5.97 Å². The van der Waals surface area contributed by atoms with Gasteiger partial charge in [-0.05, 0) is 12.3 Å². The maximum atomic E-state index is 10.9. The summed E-state index contributed by atoms with van der Waals surface area (Å²) in [6, 6.07) is -0.569. The van der Waals surface area contributed by atoms with Crippen molar-refractivity contribution in [2.75, 3.05) is 6.54 Å². The maximum Gasteiger partial charge on any atom is 0.320 e. The first-order chi connectivity index (χ1) is 7.99. The molecule has 2 atom stereocenters. The molecule has 0 aromatic heterocycles. The molecular formula is C13H27NO3. The Bertz CT molecular complexity index is 207. The van der Waals surface area contributed by atoms with Crippen molar-refractivity contribution in [3.8, 4) is 0 Å². The summed E-state index contributed by atoms with van der Waals surface area (Å²) in [4.78, 5) is 10.9. The normalized spacial score (nSPS) is 14.9. The lowest BCUT2D eigenvalue weighted by molar-refractivity contribution is -0.140. The Morgan fingerprint density at radius 2 is 1.88 bits per heavy atom. The molecule has 0 radical (unpaired) electrons. The summed E-state index contributed by atoms with van der Waals surface area (Å²) in [6.45, 7) is 6.23. The highest BCUT2D eigenvalue weighted by Gasteiger charge is 2.21. The third-order valence-electron chi connectivity index (χ3n) is 2.90. The Morgan fingerprint density at radius 3 is 2.35 bits per heavy atom. The van der Waals surface area contributed by atoms with Crippen LogP contribution in [0.4, 0.5) is 0 Å². The topological polar surface area (TPSA) is 69.6 Å². The van der Waals surface area contributed by atoms with Crippen molar-refractivity contribution in [3.05, 3.63) is 0 Å². The van der Waals surface area contributed by atoms with E-state index in [0.29, 0.717) is 6.54 Å². The number of aliphatic hydroxyl groups excluding tert-OH is 1. The number of unbranched alkanes of at least 4 members (excludes halogenated alkanes) is 3. The molecular weight excluding hydrogens is 218 g/mol. The second kappa shape index (κ2) is 9.42. The van der Waals surface area contributed by atoms with E-state index in [1.165, 1.54) is 12.8 Å². The third-order valence-corrected chi connectivity index (χ3v) is 2.90. The SMILES string of the molecule is CCCCCCC(O)CN[C@H](C(=O)O)C(C)C. The fourth-order valence-electron chi connectivity index (χ4n) is 1.78. The van der Waals surface area contributed by atoms with Crippen LogP contribution in [0.1, 0.15) is 52.9 Å². The summed E-state index contributed by atoms with van der Waals surface area (Å²) in [5.41, 5.74) is 0. The molecule has 0 rings (SSSR count). The predicted molar refractivity (Wildman–Crippen MR) is 69.0 cm³/mol. The van der Waals surface area contributed by atoms with E-state index in [9.17, 15) is 9.90 Å². The molecule has 17 heavy (non-hydrogen) atoms. The summed E-state index contributed by atoms with van der Waals surface area (Å²) in [6.07, 6.45) is 4.84. The summed E-state index contributed by atoms with van der Waals surface area (Å²) in [5.74, 6) is -0.821. The minimum Gasteiger partial charge on any atom is -0.480 e. The van der Waals surface area contributed by atoms with Crippen LogP contribution in [0, 0.1) is 5.92 Å². The van der Waals surface area contributed by atoms with Crippen LogP contribution in [0.3, 0.4) is 0 Å². The van der Waals surface area contributed by atoms with Crippen molar-refractivity contribution in [1.29, 1.82) is 0 Å². The van der Waals surface area contributed by atoms with Crippen LogP contribution < -0.4 is 5.32 Å². The van der Waals surface area contributed by atoms with E-state index in [1.807, 2.05) is 13.8 Å². The van der Waals surface area contributed by atoms with Crippen molar-refractivity contribution in [2.45, 2.75) is 65.0 Å². The second-order valence-electron chi connectivity index (χ2n) is 4.97. The molecule has 0 aliphatic carbocycles. The fraction of sp³-hybridized carbons (Fsp3) is 0.923. The number of rotatable bonds is 10. The Kier molecular flexibility index (Phi) is 9.09. The molecule has 0 amide bonds. The number of nitrogens with one attached hydrogen (secondary N) is 1. The smallest absolute Gasteiger partial charge is 0.320 e. The van der Waals surface area contributed by atoms with Crippen LogP contribution in [0.25, 0.3) is 0 Å². The molecule has 0 heterocycles. The molecule has 0 aromatic rings. The minimum atomic E-state index is -0.849. The van der Waals surface area contributed by atoms with E-state index < -0.39 is 18.1 Å². The van der Waals surface area contributed by atoms with Gasteiger partial charge in [0.15, 0.2) is 0 Å². The van der Waals surface area contributed by atoms with E-state index in [1.54, 1.807) is 0 Å². The monoisotopic (exact) mass is 245 g/mol. The molecule has 0 saturated carbocycles. The van der Waals surface area contributed by atoms with Gasteiger partial charge in [0.25, 0.3) is 0 Å². The van der Waals surface area contributed by atoms with Crippen LogP contribution in [0.2, 0.25) is 0 Å². The highest BCUT2D eigenvalue weighted by molar-refractivity contribution is 5.73. The van der Waals surface area contributed by atoms with Crippen LogP contribution in [-0.4, -0.2) is 34.9 Å². The molecule has 0 aromatic carbocycles. The van der Waals surface area contributed by atoms with Gasteiger partial charge < -0.3 is 15.5 Å². The lowest BCUT2D eigenvalue weighted by atomic mass is 10.0. The molecule has 3 N–H and O–H groups in total. The van der Waals surface area contributed by atoms with E-state index >= 15 is 0 Å². The summed E-state index contributed by atoms with van der Waals surface area (Å²) in [7, 11) is 0. The van der Waals surface area contributed by atoms with Gasteiger partial charge in [-0.15, -0.1) is 0 Å². The van der Waals surface area contributed by atoms with Crippen molar-refractivity contribution in [3.63, 3.8) is 0 Å². The van der Waals surface area contributed by atoms with Crippen molar-refractivity contribution in [1.82, 2.24) is 5.32 Å². The van der Waals surface area contributed by atoms with Gasteiger partial charge in [-0.3, -0.25) is 4.79 Å². The molecule has 1 unspecified atom stereocenters. The standard InChI is InChI=1S/C13H27NO3/c1-4-5-6-7-8-11(15)9-14-12(10(2)3)13(16)17/h10-12,14-15H,4-9H2,1-3H3,(H,16,17)/t11?,12-/m0/s1. The first kappa shape index (κ1) is 16.4. The average molecular weight is 245 g/mol. The molecule has 0 spiro atoms. The Labute approximate surface area is 104 Å². The Hall–Kier alpha value is -0.610. The third kappa shape index (κ3) is 8.16. The first-order valence-corrected chi connectivity index (χ1v) is 6.63. The highest BCUT2D eigenvalue weighted by atomic mass is 16.4. The number of carboxylic acids is 1. The fourth-order valence-corrected chi connectivity index (χ4v) is 1.78. The number of hydrogen-bond donors (Lipinski definition) is 3. The zero-order valence-corrected chi connectivity index (χ0v) is 11.3. The summed E-state index contributed by atoms with van der Waals surface area (Å²) in [5, 5.41) is 21.6. The van der Waals surface area contributed by atoms with Gasteiger partial charge in [0.2, 0.25) is 0 Å². The molecule has 0 saturated heterocycles. The molecule has 0 aliphatic heterocycles. The van der Waals surface area contributed by atoms with Gasteiger partial charge in [0.05, 0.1) is 6.10 Å². The van der Waals surface area contributed by atoms with Crippen LogP contribution in [0.15, 0.2) is 0 Å². The van der Waals surface area contributed by atoms with Gasteiger partial charge in [-0.1, -0.05) is 46.5 Å². The largest absolute Gasteiger partial charge is 0.480 e. The Morgan fingerprint density at radius 1 is 1.24 bits per heavy atom. The van der Waals surface area contributed by atoms with E-state index in [4.69, 9.17) is 5.11 Å². The van der Waals surface area contributed by atoms with Gasteiger partial charge >= 0.3 is 5.97 Å². The van der Waals surface area contributed by atoms with Crippen molar-refractivity contribution < 1.29 is 15.0 Å². The van der Waals surface area contributed by atoms with Crippen LogP contribution in [-0.2, 0) is 4.79 Å². The van der Waals surface area contributed by atoms with Gasteiger partial charge in [0, 0.05) is 6.54 Å². The zero-order chi connectivity index (χ0) is 13.3. The number of hydrogen-bond acceptors (Lipinski definition) is 3. The quantitative estimate of drug-likeness (QED) is 0.515.